The molecular formula is C23H21Cl2N3O. The molecule has 0 amide bonds. The number of benzene rings is 2. The number of aryl methyl sites for hydroxylation is 1. The molecule has 148 valence electrons. The topological polar surface area (TPSA) is 58.0 Å². The van der Waals surface area contributed by atoms with Gasteiger partial charge in [-0.25, -0.2) is 9.97 Å². The Morgan fingerprint density at radius 3 is 2.62 bits per heavy atom. The molecule has 2 N–H and O–H groups in total. The molecule has 1 aromatic heterocycles. The first-order valence-corrected chi connectivity index (χ1v) is 10.6. The number of halogens is 2. The fraction of sp³-hybridized carbons (Fsp3) is 0.304. The van der Waals surface area contributed by atoms with Crippen molar-refractivity contribution in [3.05, 3.63) is 75.0 Å². The minimum absolute atomic E-state index is 0.178. The number of aliphatic hydroxyl groups excluding tert-OH is 1. The molecule has 1 heterocycles. The summed E-state index contributed by atoms with van der Waals surface area (Å²) >= 11 is 12.5. The normalized spacial score (nSPS) is 20.6. The summed E-state index contributed by atoms with van der Waals surface area (Å²) < 4.78 is 0. The lowest BCUT2D eigenvalue weighted by atomic mass is 10.1. The average Bonchev–Trinajstić information content (AvgIpc) is 3.48. The van der Waals surface area contributed by atoms with Crippen LogP contribution < -0.4 is 5.32 Å². The lowest BCUT2D eigenvalue weighted by Crippen LogP contribution is -2.23. The van der Waals surface area contributed by atoms with E-state index in [0.29, 0.717) is 22.4 Å². The first-order chi connectivity index (χ1) is 14.0. The van der Waals surface area contributed by atoms with E-state index in [9.17, 15) is 5.11 Å². The smallest absolute Gasteiger partial charge is 0.148 e. The Labute approximate surface area is 179 Å². The molecule has 2 aromatic carbocycles. The molecule has 0 aliphatic heterocycles. The highest BCUT2D eigenvalue weighted by Gasteiger charge is 2.35. The molecule has 0 saturated heterocycles. The van der Waals surface area contributed by atoms with E-state index in [1.807, 2.05) is 31.2 Å². The second kappa shape index (κ2) is 7.28. The molecule has 2 aliphatic rings. The average molecular weight is 426 g/mol. The zero-order valence-electron chi connectivity index (χ0n) is 16.0. The standard InChI is InChI=1S/C23H21Cl2N3O/c1-12-20(17-9-8-15(24)11-18(17)25)27-21(13-6-7-13)23(26-12)28-22-16-5-3-2-4-14(16)10-19(22)29/h2-5,8-9,11,13,19,22,29H,6-7,10H2,1H3,(H,26,28)/t19-,22+/m0/s1. The van der Waals surface area contributed by atoms with Crippen LogP contribution in [0, 0.1) is 6.92 Å². The molecule has 0 unspecified atom stereocenters. The maximum atomic E-state index is 10.6. The first kappa shape index (κ1) is 18.9. The molecule has 0 spiro atoms. The summed E-state index contributed by atoms with van der Waals surface area (Å²) in [6, 6.07) is 13.4. The molecule has 6 heteroatoms. The predicted molar refractivity (Wildman–Crippen MR) is 117 cm³/mol. The SMILES string of the molecule is Cc1nc(N[C@@H]2c3ccccc3C[C@@H]2O)c(C2CC2)nc1-c1ccc(Cl)cc1Cl. The maximum absolute atomic E-state index is 10.6. The van der Waals surface area contributed by atoms with Crippen LogP contribution in [0.2, 0.25) is 10.0 Å². The van der Waals surface area contributed by atoms with Gasteiger partial charge in [-0.2, -0.15) is 0 Å². The van der Waals surface area contributed by atoms with Crippen molar-refractivity contribution in [2.24, 2.45) is 0 Å². The number of hydrogen-bond acceptors (Lipinski definition) is 4. The quantitative estimate of drug-likeness (QED) is 0.562. The van der Waals surface area contributed by atoms with E-state index in [2.05, 4.69) is 17.4 Å². The second-order valence-electron chi connectivity index (χ2n) is 7.88. The van der Waals surface area contributed by atoms with E-state index < -0.39 is 6.10 Å². The van der Waals surface area contributed by atoms with Crippen LogP contribution in [0.4, 0.5) is 5.82 Å². The summed E-state index contributed by atoms with van der Waals surface area (Å²) in [6.45, 7) is 1.94. The summed E-state index contributed by atoms with van der Waals surface area (Å²) in [4.78, 5) is 9.85. The Balaban J connectivity index is 1.55. The van der Waals surface area contributed by atoms with Crippen molar-refractivity contribution in [1.82, 2.24) is 9.97 Å². The lowest BCUT2D eigenvalue weighted by Gasteiger charge is -2.21. The summed E-state index contributed by atoms with van der Waals surface area (Å²) in [7, 11) is 0. The van der Waals surface area contributed by atoms with Crippen LogP contribution in [0.25, 0.3) is 11.3 Å². The van der Waals surface area contributed by atoms with Crippen LogP contribution in [0.3, 0.4) is 0 Å². The Bertz CT molecular complexity index is 1100. The Kier molecular flexibility index (Phi) is 4.73. The van der Waals surface area contributed by atoms with Crippen LogP contribution in [-0.4, -0.2) is 21.2 Å². The monoisotopic (exact) mass is 425 g/mol. The third-order valence-electron chi connectivity index (χ3n) is 5.74. The number of rotatable bonds is 4. The third kappa shape index (κ3) is 3.50. The molecule has 4 nitrogen and oxygen atoms in total. The number of aliphatic hydroxyl groups is 1. The molecule has 1 fully saturated rings. The zero-order chi connectivity index (χ0) is 20.1. The molecule has 2 aliphatic carbocycles. The van der Waals surface area contributed by atoms with Gasteiger partial charge in [0.2, 0.25) is 0 Å². The Morgan fingerprint density at radius 1 is 1.07 bits per heavy atom. The Hall–Kier alpha value is -2.14. The van der Waals surface area contributed by atoms with Gasteiger partial charge in [-0.3, -0.25) is 0 Å². The van der Waals surface area contributed by atoms with Gasteiger partial charge in [0.05, 0.1) is 34.3 Å². The molecule has 3 aromatic rings. The van der Waals surface area contributed by atoms with Gasteiger partial charge in [-0.15, -0.1) is 0 Å². The van der Waals surface area contributed by atoms with Gasteiger partial charge in [0, 0.05) is 22.9 Å². The number of nitrogens with zero attached hydrogens (tertiary/aromatic N) is 2. The second-order valence-corrected chi connectivity index (χ2v) is 8.73. The largest absolute Gasteiger partial charge is 0.390 e. The maximum Gasteiger partial charge on any atom is 0.148 e. The third-order valence-corrected chi connectivity index (χ3v) is 6.29. The van der Waals surface area contributed by atoms with Crippen molar-refractivity contribution in [3.8, 4) is 11.3 Å². The minimum atomic E-state index is -0.480. The minimum Gasteiger partial charge on any atom is -0.390 e. The zero-order valence-corrected chi connectivity index (χ0v) is 17.5. The van der Waals surface area contributed by atoms with E-state index in [4.69, 9.17) is 33.2 Å². The number of fused-ring (bicyclic) bond motifs is 1. The highest BCUT2D eigenvalue weighted by molar-refractivity contribution is 6.36. The van der Waals surface area contributed by atoms with Crippen molar-refractivity contribution in [2.75, 3.05) is 5.32 Å². The summed E-state index contributed by atoms with van der Waals surface area (Å²) in [5.74, 6) is 1.16. The fourth-order valence-corrected chi connectivity index (χ4v) is 4.61. The predicted octanol–water partition coefficient (Wildman–Crippen LogP) is 5.71. The van der Waals surface area contributed by atoms with Crippen molar-refractivity contribution in [2.45, 2.75) is 44.2 Å². The van der Waals surface area contributed by atoms with Gasteiger partial charge in [0.1, 0.15) is 5.82 Å². The van der Waals surface area contributed by atoms with Gasteiger partial charge in [0.25, 0.3) is 0 Å². The van der Waals surface area contributed by atoms with Crippen molar-refractivity contribution < 1.29 is 5.11 Å². The first-order valence-electron chi connectivity index (χ1n) is 9.87. The molecular weight excluding hydrogens is 405 g/mol. The van der Waals surface area contributed by atoms with Crippen LogP contribution in [0.1, 0.15) is 47.3 Å². The van der Waals surface area contributed by atoms with E-state index in [1.165, 1.54) is 5.56 Å². The van der Waals surface area contributed by atoms with Crippen LogP contribution >= 0.6 is 23.2 Å². The van der Waals surface area contributed by atoms with Gasteiger partial charge in [-0.05, 0) is 49.1 Å². The van der Waals surface area contributed by atoms with Crippen molar-refractivity contribution >= 4 is 29.0 Å². The Morgan fingerprint density at radius 2 is 1.86 bits per heavy atom. The van der Waals surface area contributed by atoms with E-state index >= 15 is 0 Å². The van der Waals surface area contributed by atoms with E-state index in [1.54, 1.807) is 6.07 Å². The van der Waals surface area contributed by atoms with E-state index in [-0.39, 0.29) is 6.04 Å². The molecule has 0 bridgehead atoms. The van der Waals surface area contributed by atoms with Crippen molar-refractivity contribution in [3.63, 3.8) is 0 Å². The molecule has 1 saturated carbocycles. The van der Waals surface area contributed by atoms with Gasteiger partial charge < -0.3 is 10.4 Å². The fourth-order valence-electron chi connectivity index (χ4n) is 4.11. The number of anilines is 1. The van der Waals surface area contributed by atoms with Crippen LogP contribution in [0.5, 0.6) is 0 Å². The summed E-state index contributed by atoms with van der Waals surface area (Å²) in [6.07, 6.45) is 2.37. The highest BCUT2D eigenvalue weighted by Crippen LogP contribution is 2.45. The van der Waals surface area contributed by atoms with Gasteiger partial charge in [0.15, 0.2) is 0 Å². The number of nitrogens with one attached hydrogen (secondary N) is 1. The van der Waals surface area contributed by atoms with Gasteiger partial charge in [-0.1, -0.05) is 47.5 Å². The number of hydrogen-bond donors (Lipinski definition) is 2. The highest BCUT2D eigenvalue weighted by atomic mass is 35.5. The number of aromatic nitrogens is 2. The molecule has 29 heavy (non-hydrogen) atoms. The van der Waals surface area contributed by atoms with E-state index in [0.717, 1.165) is 46.9 Å². The lowest BCUT2D eigenvalue weighted by molar-refractivity contribution is 0.165. The van der Waals surface area contributed by atoms with Gasteiger partial charge >= 0.3 is 0 Å². The van der Waals surface area contributed by atoms with Crippen molar-refractivity contribution in [1.29, 1.82) is 0 Å². The molecule has 2 atom stereocenters. The molecule has 0 radical (unpaired) electrons. The summed E-state index contributed by atoms with van der Waals surface area (Å²) in [5.41, 5.74) is 5.67. The van der Waals surface area contributed by atoms with Crippen LogP contribution in [0.15, 0.2) is 42.5 Å². The van der Waals surface area contributed by atoms with Crippen LogP contribution in [-0.2, 0) is 6.42 Å². The summed E-state index contributed by atoms with van der Waals surface area (Å²) in [5, 5.41) is 15.3. The molecule has 5 rings (SSSR count).